The van der Waals surface area contributed by atoms with Gasteiger partial charge in [-0.05, 0) is 32.6 Å². The van der Waals surface area contributed by atoms with Crippen LogP contribution >= 0.6 is 0 Å². The zero-order valence-corrected chi connectivity index (χ0v) is 12.5. The van der Waals surface area contributed by atoms with Gasteiger partial charge in [-0.2, -0.15) is 0 Å². The molecule has 5 nitrogen and oxygen atoms in total. The number of amides is 2. The van der Waals surface area contributed by atoms with Crippen molar-refractivity contribution in [1.29, 1.82) is 0 Å². The largest absolute Gasteiger partial charge is 0.352 e. The zero-order valence-electron chi connectivity index (χ0n) is 12.5. The van der Waals surface area contributed by atoms with Crippen molar-refractivity contribution in [2.75, 3.05) is 13.6 Å². The highest BCUT2D eigenvalue weighted by atomic mass is 16.2. The van der Waals surface area contributed by atoms with Crippen molar-refractivity contribution in [3.8, 4) is 0 Å². The summed E-state index contributed by atoms with van der Waals surface area (Å²) in [5.41, 5.74) is 6.02. The van der Waals surface area contributed by atoms with Crippen LogP contribution in [0.2, 0.25) is 0 Å². The van der Waals surface area contributed by atoms with E-state index in [-0.39, 0.29) is 42.3 Å². The molecule has 2 amide bonds. The van der Waals surface area contributed by atoms with Crippen molar-refractivity contribution in [1.82, 2.24) is 10.2 Å². The minimum absolute atomic E-state index is 0.0411. The molecule has 0 aromatic carbocycles. The Morgan fingerprint density at radius 2 is 2.00 bits per heavy atom. The second kappa shape index (κ2) is 6.89. The first-order chi connectivity index (χ1) is 8.82. The van der Waals surface area contributed by atoms with Crippen molar-refractivity contribution in [2.24, 2.45) is 17.6 Å². The number of nitrogens with two attached hydrogens (primary N) is 1. The van der Waals surface area contributed by atoms with Gasteiger partial charge in [-0.3, -0.25) is 9.59 Å². The monoisotopic (exact) mass is 269 g/mol. The summed E-state index contributed by atoms with van der Waals surface area (Å²) in [4.78, 5) is 25.6. The molecule has 1 fully saturated rings. The summed E-state index contributed by atoms with van der Waals surface area (Å²) in [5.74, 6) is 0.0811. The van der Waals surface area contributed by atoms with E-state index >= 15 is 0 Å². The summed E-state index contributed by atoms with van der Waals surface area (Å²) >= 11 is 0. The van der Waals surface area contributed by atoms with Gasteiger partial charge < -0.3 is 16.0 Å². The lowest BCUT2D eigenvalue weighted by atomic mass is 9.76. The molecule has 1 aliphatic carbocycles. The molecule has 0 bridgehead atoms. The van der Waals surface area contributed by atoms with Crippen LogP contribution in [0.25, 0.3) is 0 Å². The molecule has 0 saturated heterocycles. The number of hydrogen-bond acceptors (Lipinski definition) is 3. The molecule has 3 unspecified atom stereocenters. The Bertz CT molecular complexity index is 331. The Morgan fingerprint density at radius 3 is 2.58 bits per heavy atom. The zero-order chi connectivity index (χ0) is 14.6. The molecule has 19 heavy (non-hydrogen) atoms. The molecule has 1 saturated carbocycles. The van der Waals surface area contributed by atoms with E-state index in [0.29, 0.717) is 0 Å². The van der Waals surface area contributed by atoms with Gasteiger partial charge in [0.15, 0.2) is 0 Å². The third-order valence-electron chi connectivity index (χ3n) is 3.89. The van der Waals surface area contributed by atoms with Gasteiger partial charge in [0.25, 0.3) is 0 Å². The molecule has 0 radical (unpaired) electrons. The molecule has 1 rings (SSSR count). The molecule has 3 atom stereocenters. The van der Waals surface area contributed by atoms with E-state index in [2.05, 4.69) is 5.32 Å². The molecule has 5 heteroatoms. The second-order valence-corrected chi connectivity index (χ2v) is 5.98. The fraction of sp³-hybridized carbons (Fsp3) is 0.857. The lowest BCUT2D eigenvalue weighted by Crippen LogP contribution is -2.47. The van der Waals surface area contributed by atoms with Crippen molar-refractivity contribution in [3.05, 3.63) is 0 Å². The quantitative estimate of drug-likeness (QED) is 0.790. The van der Waals surface area contributed by atoms with Crippen LogP contribution in [-0.4, -0.2) is 42.4 Å². The number of nitrogens with one attached hydrogen (secondary N) is 1. The molecule has 0 aromatic rings. The molecule has 3 N–H and O–H groups in total. The van der Waals surface area contributed by atoms with Gasteiger partial charge in [0.05, 0.1) is 6.54 Å². The van der Waals surface area contributed by atoms with E-state index in [4.69, 9.17) is 5.73 Å². The van der Waals surface area contributed by atoms with Crippen LogP contribution in [0.1, 0.15) is 40.0 Å². The first kappa shape index (κ1) is 16.0. The molecule has 0 spiro atoms. The second-order valence-electron chi connectivity index (χ2n) is 5.98. The van der Waals surface area contributed by atoms with Crippen molar-refractivity contribution in [3.63, 3.8) is 0 Å². The van der Waals surface area contributed by atoms with E-state index in [9.17, 15) is 9.59 Å². The molecule has 1 aliphatic rings. The third kappa shape index (κ3) is 4.49. The Labute approximate surface area is 115 Å². The van der Waals surface area contributed by atoms with Crippen LogP contribution in [0.3, 0.4) is 0 Å². The summed E-state index contributed by atoms with van der Waals surface area (Å²) in [5, 5.41) is 2.79. The molecule has 0 heterocycles. The van der Waals surface area contributed by atoms with E-state index in [1.165, 1.54) is 4.90 Å². The normalized spacial score (nSPS) is 27.2. The van der Waals surface area contributed by atoms with Gasteiger partial charge in [0.1, 0.15) is 0 Å². The molecule has 0 aliphatic heterocycles. The van der Waals surface area contributed by atoms with Gasteiger partial charge >= 0.3 is 0 Å². The maximum Gasteiger partial charge on any atom is 0.239 e. The number of carbonyl (C=O) groups is 2. The summed E-state index contributed by atoms with van der Waals surface area (Å²) in [6.45, 7) is 5.97. The Kier molecular flexibility index (Phi) is 5.79. The minimum atomic E-state index is -0.112. The van der Waals surface area contributed by atoms with Crippen LogP contribution in [0.4, 0.5) is 0 Å². The molecular weight excluding hydrogens is 242 g/mol. The molecular formula is C14H27N3O2. The minimum Gasteiger partial charge on any atom is -0.352 e. The third-order valence-corrected chi connectivity index (χ3v) is 3.89. The number of likely N-dealkylation sites (N-methyl/N-ethyl adjacent to an activating group) is 1. The summed E-state index contributed by atoms with van der Waals surface area (Å²) < 4.78 is 0. The summed E-state index contributed by atoms with van der Waals surface area (Å²) in [6.07, 6.45) is 2.86. The first-order valence-electron chi connectivity index (χ1n) is 7.12. The van der Waals surface area contributed by atoms with E-state index < -0.39 is 0 Å². The van der Waals surface area contributed by atoms with Crippen LogP contribution in [-0.2, 0) is 9.59 Å². The summed E-state index contributed by atoms with van der Waals surface area (Å²) in [7, 11) is 1.69. The van der Waals surface area contributed by atoms with Gasteiger partial charge in [-0.1, -0.05) is 13.3 Å². The number of hydrogen-bond donors (Lipinski definition) is 2. The number of carbonyl (C=O) groups excluding carboxylic acids is 2. The number of rotatable bonds is 4. The first-order valence-corrected chi connectivity index (χ1v) is 7.12. The lowest BCUT2D eigenvalue weighted by Gasteiger charge is -2.35. The highest BCUT2D eigenvalue weighted by molar-refractivity contribution is 5.86. The van der Waals surface area contributed by atoms with Crippen LogP contribution < -0.4 is 11.1 Å². The van der Waals surface area contributed by atoms with Crippen LogP contribution in [0.5, 0.6) is 0 Å². The SMILES string of the molecule is CC(C)NC(=O)CN(C)C(=O)C1CCCC(N)C1C. The van der Waals surface area contributed by atoms with E-state index in [1.54, 1.807) is 7.05 Å². The Morgan fingerprint density at radius 1 is 1.37 bits per heavy atom. The highest BCUT2D eigenvalue weighted by Crippen LogP contribution is 2.30. The van der Waals surface area contributed by atoms with E-state index in [0.717, 1.165) is 19.3 Å². The van der Waals surface area contributed by atoms with Crippen molar-refractivity contribution in [2.45, 2.75) is 52.1 Å². The van der Waals surface area contributed by atoms with Gasteiger partial charge in [0.2, 0.25) is 11.8 Å². The van der Waals surface area contributed by atoms with Crippen molar-refractivity contribution >= 4 is 11.8 Å². The maximum atomic E-state index is 12.4. The maximum absolute atomic E-state index is 12.4. The molecule has 110 valence electrons. The Balaban J connectivity index is 2.54. The predicted molar refractivity (Wildman–Crippen MR) is 75.4 cm³/mol. The van der Waals surface area contributed by atoms with Crippen molar-refractivity contribution < 1.29 is 9.59 Å². The predicted octanol–water partition coefficient (Wildman–Crippen LogP) is 0.733. The topological polar surface area (TPSA) is 75.4 Å². The van der Waals surface area contributed by atoms with Gasteiger partial charge in [0, 0.05) is 25.0 Å². The van der Waals surface area contributed by atoms with Gasteiger partial charge in [-0.15, -0.1) is 0 Å². The fourth-order valence-electron chi connectivity index (χ4n) is 2.69. The lowest BCUT2D eigenvalue weighted by molar-refractivity contribution is -0.140. The van der Waals surface area contributed by atoms with Crippen LogP contribution in [0, 0.1) is 11.8 Å². The van der Waals surface area contributed by atoms with Crippen LogP contribution in [0.15, 0.2) is 0 Å². The standard InChI is InChI=1S/C14H27N3O2/c1-9(2)16-13(18)8-17(4)14(19)11-6-5-7-12(15)10(11)3/h9-12H,5-8,15H2,1-4H3,(H,16,18). The fourth-order valence-corrected chi connectivity index (χ4v) is 2.69. The van der Waals surface area contributed by atoms with Gasteiger partial charge in [-0.25, -0.2) is 0 Å². The average molecular weight is 269 g/mol. The smallest absolute Gasteiger partial charge is 0.239 e. The number of nitrogens with zero attached hydrogens (tertiary/aromatic N) is 1. The summed E-state index contributed by atoms with van der Waals surface area (Å²) in [6, 6.07) is 0.193. The Hall–Kier alpha value is -1.10. The van der Waals surface area contributed by atoms with E-state index in [1.807, 2.05) is 20.8 Å². The highest BCUT2D eigenvalue weighted by Gasteiger charge is 2.34. The average Bonchev–Trinajstić information content (AvgIpc) is 2.30. The molecule has 0 aromatic heterocycles.